The van der Waals surface area contributed by atoms with Gasteiger partial charge in [0, 0.05) is 25.8 Å². The summed E-state index contributed by atoms with van der Waals surface area (Å²) in [6, 6.07) is 0. The molecule has 0 spiro atoms. The van der Waals surface area contributed by atoms with Crippen molar-refractivity contribution >= 4 is 37.2 Å². The fourth-order valence-corrected chi connectivity index (χ4v) is 0. The van der Waals surface area contributed by atoms with E-state index in [4.69, 9.17) is 0 Å². The molecule has 4 heteroatoms. The van der Waals surface area contributed by atoms with E-state index in [1.54, 1.807) is 0 Å². The van der Waals surface area contributed by atoms with E-state index in [0.29, 0.717) is 0 Å². The van der Waals surface area contributed by atoms with Gasteiger partial charge in [0.05, 0.1) is 0 Å². The maximum Gasteiger partial charge on any atom is 0 e. The van der Waals surface area contributed by atoms with Crippen molar-refractivity contribution in [3.63, 3.8) is 0 Å². The van der Waals surface area contributed by atoms with Crippen molar-refractivity contribution in [1.29, 1.82) is 0 Å². The molecule has 0 atom stereocenters. The molecule has 0 aliphatic carbocycles. The standard InChI is InChI=1S/3ClH.Sc/h3*1H;. The monoisotopic (exact) mass is 153 g/mol. The molecule has 0 amide bonds. The Balaban J connectivity index is 0. The first-order valence-corrected chi connectivity index (χ1v) is 0. The van der Waals surface area contributed by atoms with E-state index >= 15 is 0 Å². The first-order valence-electron chi connectivity index (χ1n) is 0. The van der Waals surface area contributed by atoms with Crippen molar-refractivity contribution in [3.05, 3.63) is 0 Å². The molecule has 0 bridgehead atoms. The Morgan fingerprint density at radius 1 is 0.500 bits per heavy atom. The molecule has 27 valence electrons. The minimum absolute atomic E-state index is 0. The van der Waals surface area contributed by atoms with Crippen LogP contribution in [0.4, 0.5) is 0 Å². The molecule has 0 aliphatic rings. The van der Waals surface area contributed by atoms with Crippen LogP contribution < -0.4 is 0 Å². The van der Waals surface area contributed by atoms with Gasteiger partial charge in [0.25, 0.3) is 0 Å². The van der Waals surface area contributed by atoms with Gasteiger partial charge in [-0.15, -0.1) is 37.2 Å². The first kappa shape index (κ1) is 42.6. The van der Waals surface area contributed by atoms with E-state index in [1.807, 2.05) is 0 Å². The van der Waals surface area contributed by atoms with Crippen LogP contribution in [0.1, 0.15) is 0 Å². The Labute approximate surface area is 62.7 Å². The van der Waals surface area contributed by atoms with Crippen LogP contribution in [-0.4, -0.2) is 0 Å². The Morgan fingerprint density at radius 2 is 0.500 bits per heavy atom. The molecule has 1 radical (unpaired) electrons. The molecule has 0 heterocycles. The minimum atomic E-state index is 0. The largest absolute Gasteiger partial charge is 0.147 e. The van der Waals surface area contributed by atoms with E-state index in [-0.39, 0.29) is 63.1 Å². The average molecular weight is 154 g/mol. The van der Waals surface area contributed by atoms with Crippen molar-refractivity contribution in [2.45, 2.75) is 0 Å². The molecule has 0 aliphatic heterocycles. The van der Waals surface area contributed by atoms with Crippen molar-refractivity contribution in [2.75, 3.05) is 0 Å². The van der Waals surface area contributed by atoms with Crippen molar-refractivity contribution in [3.8, 4) is 0 Å². The fourth-order valence-electron chi connectivity index (χ4n) is 0. The Hall–Kier alpha value is 1.74. The van der Waals surface area contributed by atoms with Crippen molar-refractivity contribution in [2.24, 2.45) is 0 Å². The second kappa shape index (κ2) is 21.9. The Morgan fingerprint density at radius 3 is 0.500 bits per heavy atom. The van der Waals surface area contributed by atoms with E-state index < -0.39 is 0 Å². The molecule has 0 saturated heterocycles. The quantitative estimate of drug-likeness (QED) is 0.493. The summed E-state index contributed by atoms with van der Waals surface area (Å²) in [4.78, 5) is 0. The van der Waals surface area contributed by atoms with Gasteiger partial charge < -0.3 is 0 Å². The molecule has 0 saturated carbocycles. The molecule has 0 unspecified atom stereocenters. The smallest absolute Gasteiger partial charge is 0 e. The van der Waals surface area contributed by atoms with E-state index in [1.165, 1.54) is 0 Å². The Bertz CT molecular complexity index is 3.25. The van der Waals surface area contributed by atoms with Gasteiger partial charge in [-0.05, 0) is 0 Å². The zero-order valence-corrected chi connectivity index (χ0v) is 6.05. The summed E-state index contributed by atoms with van der Waals surface area (Å²) in [5.41, 5.74) is 0. The molecule has 0 fully saturated rings. The van der Waals surface area contributed by atoms with Crippen LogP contribution in [0.5, 0.6) is 0 Å². The number of rotatable bonds is 0. The summed E-state index contributed by atoms with van der Waals surface area (Å²) in [6.07, 6.45) is 0. The number of hydrogen-bond donors (Lipinski definition) is 0. The summed E-state index contributed by atoms with van der Waals surface area (Å²) < 4.78 is 0. The number of hydrogen-bond acceptors (Lipinski definition) is 0. The van der Waals surface area contributed by atoms with Crippen LogP contribution >= 0.6 is 37.2 Å². The third kappa shape index (κ3) is 9.27. The van der Waals surface area contributed by atoms with E-state index in [9.17, 15) is 0 Å². The van der Waals surface area contributed by atoms with Crippen molar-refractivity contribution < 1.29 is 25.8 Å². The fraction of sp³-hybridized carbons (Fsp3) is 0. The van der Waals surface area contributed by atoms with Crippen LogP contribution in [0.15, 0.2) is 0 Å². The SMILES string of the molecule is Cl.Cl.Cl.[Sc]. The zero-order chi connectivity index (χ0) is 0. The van der Waals surface area contributed by atoms with Crippen LogP contribution in [0.25, 0.3) is 0 Å². The second-order valence-corrected chi connectivity index (χ2v) is 0. The van der Waals surface area contributed by atoms with Crippen LogP contribution in [-0.2, 0) is 25.8 Å². The third-order valence-corrected chi connectivity index (χ3v) is 0. The molecule has 0 aromatic carbocycles. The van der Waals surface area contributed by atoms with Gasteiger partial charge in [-0.25, -0.2) is 0 Å². The van der Waals surface area contributed by atoms with Gasteiger partial charge in [-0.3, -0.25) is 0 Å². The molecular weight excluding hydrogens is 151 g/mol. The normalized spacial score (nSPS) is 0. The van der Waals surface area contributed by atoms with Crippen LogP contribution in [0, 0.1) is 0 Å². The predicted octanol–water partition coefficient (Wildman–Crippen LogP) is 1.26. The number of halogens is 3. The summed E-state index contributed by atoms with van der Waals surface area (Å²) >= 11 is 0. The van der Waals surface area contributed by atoms with Gasteiger partial charge in [-0.2, -0.15) is 0 Å². The Kier molecular flexibility index (Phi) is 233. The summed E-state index contributed by atoms with van der Waals surface area (Å²) in [7, 11) is 0. The molecular formula is H3Cl3Sc. The third-order valence-electron chi connectivity index (χ3n) is 0. The van der Waals surface area contributed by atoms with Gasteiger partial charge in [0.2, 0.25) is 0 Å². The van der Waals surface area contributed by atoms with Gasteiger partial charge in [0.15, 0.2) is 0 Å². The molecule has 0 aromatic heterocycles. The van der Waals surface area contributed by atoms with E-state index in [2.05, 4.69) is 0 Å². The van der Waals surface area contributed by atoms with Crippen LogP contribution in [0.2, 0.25) is 0 Å². The van der Waals surface area contributed by atoms with Gasteiger partial charge >= 0.3 is 0 Å². The molecule has 0 nitrogen and oxygen atoms in total. The molecule has 0 aromatic rings. The van der Waals surface area contributed by atoms with Crippen LogP contribution in [0.3, 0.4) is 0 Å². The molecule has 0 rings (SSSR count). The summed E-state index contributed by atoms with van der Waals surface area (Å²) in [5.74, 6) is 0. The molecule has 0 N–H and O–H groups in total. The molecule has 4 heavy (non-hydrogen) atoms. The second-order valence-electron chi connectivity index (χ2n) is 0. The van der Waals surface area contributed by atoms with Crippen molar-refractivity contribution in [1.82, 2.24) is 0 Å². The topological polar surface area (TPSA) is 0 Å². The van der Waals surface area contributed by atoms with Gasteiger partial charge in [-0.1, -0.05) is 0 Å². The maximum atomic E-state index is 0. The average Bonchev–Trinajstić information content (AvgIpc) is 0. The summed E-state index contributed by atoms with van der Waals surface area (Å²) in [6.45, 7) is 0. The zero-order valence-electron chi connectivity index (χ0n) is 1.80. The predicted molar refractivity (Wildman–Crippen MR) is 21.7 cm³/mol. The first-order chi connectivity index (χ1) is 0. The summed E-state index contributed by atoms with van der Waals surface area (Å²) in [5, 5.41) is 0. The van der Waals surface area contributed by atoms with Gasteiger partial charge in [0.1, 0.15) is 0 Å². The maximum absolute atomic E-state index is 0. The van der Waals surface area contributed by atoms with E-state index in [0.717, 1.165) is 0 Å². The minimum Gasteiger partial charge on any atom is -0.147 e.